The van der Waals surface area contributed by atoms with E-state index >= 15 is 0 Å². The van der Waals surface area contributed by atoms with E-state index in [1.807, 2.05) is 0 Å². The van der Waals surface area contributed by atoms with Gasteiger partial charge < -0.3 is 0 Å². The highest BCUT2D eigenvalue weighted by molar-refractivity contribution is 7.12. The van der Waals surface area contributed by atoms with Crippen molar-refractivity contribution in [1.29, 1.82) is 0 Å². The molecule has 1 aliphatic carbocycles. The molecule has 0 radical (unpaired) electrons. The number of carbonyl (C=O) groups is 1. The number of thiophene rings is 1. The highest BCUT2D eigenvalue weighted by atomic mass is 32.1. The zero-order valence-electron chi connectivity index (χ0n) is 8.88. The molecular weight excluding hydrogens is 211 g/mol. The molecule has 0 aromatic carbocycles. The summed E-state index contributed by atoms with van der Waals surface area (Å²) in [5, 5.41) is 1.64. The SMILES string of the molecule is CC1(CC(=O)c2sccc2F)CCCC1. The van der Waals surface area contributed by atoms with Crippen LogP contribution in [0.25, 0.3) is 0 Å². The standard InChI is InChI=1S/C12H15FOS/c1-12(5-2-3-6-12)8-10(14)11-9(13)4-7-15-11/h4,7H,2-3,5-6,8H2,1H3. The molecule has 0 N–H and O–H groups in total. The molecule has 1 fully saturated rings. The van der Waals surface area contributed by atoms with Crippen LogP contribution in [0.4, 0.5) is 4.39 Å². The van der Waals surface area contributed by atoms with E-state index in [0.29, 0.717) is 11.3 Å². The first-order valence-electron chi connectivity index (χ1n) is 5.37. The molecule has 82 valence electrons. The highest BCUT2D eigenvalue weighted by Gasteiger charge is 2.32. The molecule has 0 aliphatic heterocycles. The predicted molar refractivity (Wildman–Crippen MR) is 59.8 cm³/mol. The Morgan fingerprint density at radius 1 is 1.53 bits per heavy atom. The van der Waals surface area contributed by atoms with Crippen molar-refractivity contribution < 1.29 is 9.18 Å². The Hall–Kier alpha value is -0.700. The van der Waals surface area contributed by atoms with E-state index in [0.717, 1.165) is 12.8 Å². The van der Waals surface area contributed by atoms with Crippen molar-refractivity contribution >= 4 is 17.1 Å². The van der Waals surface area contributed by atoms with Crippen LogP contribution in [0.15, 0.2) is 11.4 Å². The second-order valence-corrected chi connectivity index (χ2v) is 5.63. The average Bonchev–Trinajstić information content (AvgIpc) is 2.74. The zero-order valence-corrected chi connectivity index (χ0v) is 9.70. The van der Waals surface area contributed by atoms with Crippen molar-refractivity contribution in [2.75, 3.05) is 0 Å². The van der Waals surface area contributed by atoms with Crippen LogP contribution in [0.2, 0.25) is 0 Å². The zero-order chi connectivity index (χ0) is 10.9. The van der Waals surface area contributed by atoms with Crippen LogP contribution in [-0.4, -0.2) is 5.78 Å². The third-order valence-corrected chi connectivity index (χ3v) is 4.20. The normalized spacial score (nSPS) is 19.3. The van der Waals surface area contributed by atoms with Crippen molar-refractivity contribution in [2.24, 2.45) is 5.41 Å². The summed E-state index contributed by atoms with van der Waals surface area (Å²) < 4.78 is 13.2. The molecule has 2 rings (SSSR count). The molecule has 0 atom stereocenters. The topological polar surface area (TPSA) is 17.1 Å². The number of halogens is 1. The molecule has 1 aliphatic rings. The molecule has 0 spiro atoms. The lowest BCUT2D eigenvalue weighted by molar-refractivity contribution is 0.0924. The molecule has 3 heteroatoms. The average molecular weight is 226 g/mol. The Balaban J connectivity index is 2.07. The Kier molecular flexibility index (Phi) is 2.91. The minimum atomic E-state index is -0.355. The molecule has 1 aromatic heterocycles. The molecule has 0 amide bonds. The van der Waals surface area contributed by atoms with Crippen LogP contribution in [-0.2, 0) is 0 Å². The summed E-state index contributed by atoms with van der Waals surface area (Å²) in [6, 6.07) is 1.37. The van der Waals surface area contributed by atoms with Gasteiger partial charge in [0.2, 0.25) is 0 Å². The van der Waals surface area contributed by atoms with Gasteiger partial charge in [-0.15, -0.1) is 11.3 Å². The molecule has 0 saturated heterocycles. The van der Waals surface area contributed by atoms with Crippen LogP contribution in [0.5, 0.6) is 0 Å². The Morgan fingerprint density at radius 3 is 2.73 bits per heavy atom. The van der Waals surface area contributed by atoms with Gasteiger partial charge in [-0.3, -0.25) is 4.79 Å². The lowest BCUT2D eigenvalue weighted by Crippen LogP contribution is -2.16. The van der Waals surface area contributed by atoms with Crippen molar-refractivity contribution in [1.82, 2.24) is 0 Å². The van der Waals surface area contributed by atoms with Crippen molar-refractivity contribution in [3.05, 3.63) is 22.1 Å². The van der Waals surface area contributed by atoms with E-state index in [-0.39, 0.29) is 17.0 Å². The maximum absolute atomic E-state index is 13.2. The molecular formula is C12H15FOS. The van der Waals surface area contributed by atoms with E-state index in [2.05, 4.69) is 6.92 Å². The third-order valence-electron chi connectivity index (χ3n) is 3.27. The van der Waals surface area contributed by atoms with E-state index in [1.165, 1.54) is 30.2 Å². The number of hydrogen-bond donors (Lipinski definition) is 0. The second kappa shape index (κ2) is 4.05. The largest absolute Gasteiger partial charge is 0.293 e. The highest BCUT2D eigenvalue weighted by Crippen LogP contribution is 2.41. The first-order chi connectivity index (χ1) is 7.11. The third kappa shape index (κ3) is 2.28. The number of carbonyl (C=O) groups excluding carboxylic acids is 1. The van der Waals surface area contributed by atoms with Gasteiger partial charge in [-0.2, -0.15) is 0 Å². The first kappa shape index (κ1) is 10.8. The van der Waals surface area contributed by atoms with Gasteiger partial charge in [0.25, 0.3) is 0 Å². The number of ketones is 1. The summed E-state index contributed by atoms with van der Waals surface area (Å²) >= 11 is 1.22. The van der Waals surface area contributed by atoms with Gasteiger partial charge in [0.15, 0.2) is 5.78 Å². The molecule has 1 nitrogen and oxygen atoms in total. The Labute approximate surface area is 93.3 Å². The Bertz CT molecular complexity index is 363. The summed E-state index contributed by atoms with van der Waals surface area (Å²) in [6.07, 6.45) is 5.12. The van der Waals surface area contributed by atoms with E-state index in [1.54, 1.807) is 5.38 Å². The van der Waals surface area contributed by atoms with E-state index in [4.69, 9.17) is 0 Å². The van der Waals surface area contributed by atoms with Crippen LogP contribution >= 0.6 is 11.3 Å². The fraction of sp³-hybridized carbons (Fsp3) is 0.583. The van der Waals surface area contributed by atoms with Gasteiger partial charge in [0, 0.05) is 6.42 Å². The first-order valence-corrected chi connectivity index (χ1v) is 6.25. The monoisotopic (exact) mass is 226 g/mol. The summed E-state index contributed by atoms with van der Waals surface area (Å²) in [5.41, 5.74) is 0.119. The maximum Gasteiger partial charge on any atom is 0.176 e. The molecule has 1 heterocycles. The quantitative estimate of drug-likeness (QED) is 0.711. The number of rotatable bonds is 3. The number of hydrogen-bond acceptors (Lipinski definition) is 2. The van der Waals surface area contributed by atoms with Crippen LogP contribution < -0.4 is 0 Å². The van der Waals surface area contributed by atoms with E-state index in [9.17, 15) is 9.18 Å². The molecule has 15 heavy (non-hydrogen) atoms. The summed E-state index contributed by atoms with van der Waals surface area (Å²) in [5.74, 6) is -0.376. The maximum atomic E-state index is 13.2. The second-order valence-electron chi connectivity index (χ2n) is 4.72. The van der Waals surface area contributed by atoms with Gasteiger partial charge in [0.1, 0.15) is 10.7 Å². The minimum absolute atomic E-state index is 0.0214. The van der Waals surface area contributed by atoms with Crippen molar-refractivity contribution in [3.8, 4) is 0 Å². The number of Topliss-reactive ketones (excluding diaryl/α,β-unsaturated/α-hetero) is 1. The van der Waals surface area contributed by atoms with Gasteiger partial charge in [-0.25, -0.2) is 4.39 Å². The summed E-state index contributed by atoms with van der Waals surface area (Å²) in [6.45, 7) is 2.14. The van der Waals surface area contributed by atoms with Gasteiger partial charge in [-0.1, -0.05) is 19.8 Å². The molecule has 0 unspecified atom stereocenters. The van der Waals surface area contributed by atoms with Gasteiger partial charge in [-0.05, 0) is 29.7 Å². The molecule has 0 bridgehead atoms. The van der Waals surface area contributed by atoms with Crippen molar-refractivity contribution in [3.63, 3.8) is 0 Å². The van der Waals surface area contributed by atoms with Gasteiger partial charge in [0.05, 0.1) is 0 Å². The lowest BCUT2D eigenvalue weighted by Gasteiger charge is -2.21. The van der Waals surface area contributed by atoms with Crippen molar-refractivity contribution in [2.45, 2.75) is 39.0 Å². The fourth-order valence-corrected chi connectivity index (χ4v) is 3.07. The Morgan fingerprint density at radius 2 is 2.20 bits per heavy atom. The van der Waals surface area contributed by atoms with Crippen LogP contribution in [0, 0.1) is 11.2 Å². The fourth-order valence-electron chi connectivity index (χ4n) is 2.37. The molecule has 1 saturated carbocycles. The molecule has 1 aromatic rings. The van der Waals surface area contributed by atoms with E-state index < -0.39 is 0 Å². The summed E-state index contributed by atoms with van der Waals surface area (Å²) in [7, 11) is 0. The van der Waals surface area contributed by atoms with Crippen LogP contribution in [0.1, 0.15) is 48.7 Å². The smallest absolute Gasteiger partial charge is 0.176 e. The van der Waals surface area contributed by atoms with Crippen LogP contribution in [0.3, 0.4) is 0 Å². The lowest BCUT2D eigenvalue weighted by atomic mass is 9.83. The predicted octanol–water partition coefficient (Wildman–Crippen LogP) is 4.04. The minimum Gasteiger partial charge on any atom is -0.293 e. The summed E-state index contributed by atoms with van der Waals surface area (Å²) in [4.78, 5) is 12.2. The van der Waals surface area contributed by atoms with Gasteiger partial charge >= 0.3 is 0 Å².